The van der Waals surface area contributed by atoms with Gasteiger partial charge in [0.25, 0.3) is 5.91 Å². The van der Waals surface area contributed by atoms with Crippen molar-refractivity contribution in [3.63, 3.8) is 0 Å². The third kappa shape index (κ3) is 3.39. The summed E-state index contributed by atoms with van der Waals surface area (Å²) in [6.45, 7) is 3.53. The number of carbonyl (C=O) groups excluding carboxylic acids is 1. The van der Waals surface area contributed by atoms with Crippen molar-refractivity contribution < 1.29 is 9.53 Å². The van der Waals surface area contributed by atoms with Gasteiger partial charge in [0, 0.05) is 49.5 Å². The van der Waals surface area contributed by atoms with Gasteiger partial charge >= 0.3 is 0 Å². The Hall–Kier alpha value is -2.89. The van der Waals surface area contributed by atoms with Gasteiger partial charge in [0.2, 0.25) is 0 Å². The van der Waals surface area contributed by atoms with Gasteiger partial charge in [-0.25, -0.2) is 0 Å². The molecule has 0 unspecified atom stereocenters. The molecule has 0 radical (unpaired) electrons. The molecule has 0 saturated carbocycles. The van der Waals surface area contributed by atoms with Crippen molar-refractivity contribution in [3.8, 4) is 5.75 Å². The fraction of sp³-hybridized carbons (Fsp3) is 0.381. The zero-order valence-corrected chi connectivity index (χ0v) is 16.0. The predicted octanol–water partition coefficient (Wildman–Crippen LogP) is 3.31. The fourth-order valence-electron chi connectivity index (χ4n) is 3.84. The molecule has 1 aliphatic rings. The number of rotatable bonds is 3. The standard InChI is InChI=1S/C21H24N4O2/c1-14-8-17-11-22-19(9-16(17)10-20(14)27-3)15-4-6-25(7-5-15)21(26)18-12-23-24(2)13-18/h8-13,15H,4-7H2,1-3H3. The highest BCUT2D eigenvalue weighted by Gasteiger charge is 2.26. The quantitative estimate of drug-likeness (QED) is 0.715. The van der Waals surface area contributed by atoms with Crippen LogP contribution in [0.4, 0.5) is 0 Å². The first-order chi connectivity index (χ1) is 13.0. The number of piperidine rings is 1. The highest BCUT2D eigenvalue weighted by atomic mass is 16.5. The van der Waals surface area contributed by atoms with E-state index >= 15 is 0 Å². The average molecular weight is 364 g/mol. The van der Waals surface area contributed by atoms with Crippen molar-refractivity contribution >= 4 is 16.7 Å². The molecule has 4 rings (SSSR count). The molecule has 0 aliphatic carbocycles. The van der Waals surface area contributed by atoms with E-state index in [1.807, 2.05) is 25.1 Å². The Morgan fingerprint density at radius 2 is 1.93 bits per heavy atom. The van der Waals surface area contributed by atoms with Crippen molar-refractivity contribution in [1.82, 2.24) is 19.7 Å². The highest BCUT2D eigenvalue weighted by Crippen LogP contribution is 2.31. The third-order valence-electron chi connectivity index (χ3n) is 5.41. The maximum atomic E-state index is 12.6. The van der Waals surface area contributed by atoms with Gasteiger partial charge in [0.1, 0.15) is 5.75 Å². The lowest BCUT2D eigenvalue weighted by atomic mass is 9.91. The first-order valence-corrected chi connectivity index (χ1v) is 9.27. The summed E-state index contributed by atoms with van der Waals surface area (Å²) in [5, 5.41) is 6.37. The number of ether oxygens (including phenoxy) is 1. The molecule has 1 amide bonds. The van der Waals surface area contributed by atoms with Crippen LogP contribution in [0.1, 0.15) is 40.4 Å². The maximum absolute atomic E-state index is 12.6. The van der Waals surface area contributed by atoms with Gasteiger partial charge in [-0.3, -0.25) is 14.5 Å². The molecular formula is C21H24N4O2. The number of methoxy groups -OCH3 is 1. The lowest BCUT2D eigenvalue weighted by Crippen LogP contribution is -2.37. The number of aromatic nitrogens is 3. The first-order valence-electron chi connectivity index (χ1n) is 9.27. The second-order valence-corrected chi connectivity index (χ2v) is 7.25. The summed E-state index contributed by atoms with van der Waals surface area (Å²) in [5.74, 6) is 1.34. The van der Waals surface area contributed by atoms with Crippen LogP contribution >= 0.6 is 0 Å². The smallest absolute Gasteiger partial charge is 0.257 e. The van der Waals surface area contributed by atoms with Crippen LogP contribution in [0.5, 0.6) is 5.75 Å². The van der Waals surface area contributed by atoms with E-state index in [0.29, 0.717) is 11.5 Å². The number of fused-ring (bicyclic) bond motifs is 1. The van der Waals surface area contributed by atoms with E-state index in [4.69, 9.17) is 9.72 Å². The minimum absolute atomic E-state index is 0.0632. The summed E-state index contributed by atoms with van der Waals surface area (Å²) in [4.78, 5) is 19.2. The van der Waals surface area contributed by atoms with Crippen LogP contribution in [-0.2, 0) is 7.05 Å². The lowest BCUT2D eigenvalue weighted by Gasteiger charge is -2.31. The number of carbonyl (C=O) groups is 1. The van der Waals surface area contributed by atoms with Crippen LogP contribution in [0, 0.1) is 6.92 Å². The van der Waals surface area contributed by atoms with Crippen LogP contribution in [0.2, 0.25) is 0 Å². The molecule has 0 N–H and O–H groups in total. The molecule has 6 heteroatoms. The number of aryl methyl sites for hydroxylation is 2. The number of hydrogen-bond donors (Lipinski definition) is 0. The van der Waals surface area contributed by atoms with Crippen LogP contribution in [0.15, 0.2) is 36.8 Å². The minimum atomic E-state index is 0.0632. The molecule has 27 heavy (non-hydrogen) atoms. The molecule has 1 fully saturated rings. The number of amides is 1. The zero-order chi connectivity index (χ0) is 19.0. The van der Waals surface area contributed by atoms with Crippen LogP contribution < -0.4 is 4.74 Å². The summed E-state index contributed by atoms with van der Waals surface area (Å²) in [5.41, 5.74) is 2.87. The molecule has 0 atom stereocenters. The van der Waals surface area contributed by atoms with Crippen molar-refractivity contribution in [2.75, 3.05) is 20.2 Å². The summed E-state index contributed by atoms with van der Waals surface area (Å²) >= 11 is 0. The van der Waals surface area contributed by atoms with E-state index in [-0.39, 0.29) is 5.91 Å². The Balaban J connectivity index is 1.49. The van der Waals surface area contributed by atoms with Crippen LogP contribution in [0.25, 0.3) is 10.8 Å². The Kier molecular flexibility index (Phi) is 4.56. The SMILES string of the molecule is COc1cc2cc(C3CCN(C(=O)c4cnn(C)c4)CC3)ncc2cc1C. The molecule has 2 aromatic heterocycles. The van der Waals surface area contributed by atoms with Crippen LogP contribution in [0.3, 0.4) is 0 Å². The molecule has 1 saturated heterocycles. The summed E-state index contributed by atoms with van der Waals surface area (Å²) in [7, 11) is 3.52. The van der Waals surface area contributed by atoms with Gasteiger partial charge in [0.15, 0.2) is 0 Å². The van der Waals surface area contributed by atoms with E-state index in [1.54, 1.807) is 24.2 Å². The van der Waals surface area contributed by atoms with E-state index in [0.717, 1.165) is 53.7 Å². The second kappa shape index (κ2) is 7.02. The largest absolute Gasteiger partial charge is 0.496 e. The lowest BCUT2D eigenvalue weighted by molar-refractivity contribution is 0.0712. The van der Waals surface area contributed by atoms with E-state index in [9.17, 15) is 4.79 Å². The number of hydrogen-bond acceptors (Lipinski definition) is 4. The number of likely N-dealkylation sites (tertiary alicyclic amines) is 1. The molecule has 6 nitrogen and oxygen atoms in total. The maximum Gasteiger partial charge on any atom is 0.257 e. The highest BCUT2D eigenvalue weighted by molar-refractivity contribution is 5.93. The van der Waals surface area contributed by atoms with Gasteiger partial charge in [-0.1, -0.05) is 0 Å². The van der Waals surface area contributed by atoms with Crippen molar-refractivity contribution in [2.45, 2.75) is 25.7 Å². The molecule has 0 spiro atoms. The van der Waals surface area contributed by atoms with Crippen molar-refractivity contribution in [1.29, 1.82) is 0 Å². The summed E-state index contributed by atoms with van der Waals surface area (Å²) in [6, 6.07) is 6.36. The average Bonchev–Trinajstić information content (AvgIpc) is 3.13. The Bertz CT molecular complexity index is 987. The molecule has 1 aliphatic heterocycles. The molecule has 140 valence electrons. The van der Waals surface area contributed by atoms with E-state index in [2.05, 4.69) is 23.3 Å². The van der Waals surface area contributed by atoms with E-state index in [1.165, 1.54) is 0 Å². The van der Waals surface area contributed by atoms with Gasteiger partial charge in [-0.15, -0.1) is 0 Å². The molecular weight excluding hydrogens is 340 g/mol. The number of benzene rings is 1. The summed E-state index contributed by atoms with van der Waals surface area (Å²) < 4.78 is 7.11. The second-order valence-electron chi connectivity index (χ2n) is 7.25. The number of nitrogens with zero attached hydrogens (tertiary/aromatic N) is 4. The van der Waals surface area contributed by atoms with Gasteiger partial charge in [-0.2, -0.15) is 5.10 Å². The topological polar surface area (TPSA) is 60.2 Å². The van der Waals surface area contributed by atoms with Crippen molar-refractivity contribution in [2.24, 2.45) is 7.05 Å². The normalized spacial score (nSPS) is 15.3. The minimum Gasteiger partial charge on any atom is -0.496 e. The van der Waals surface area contributed by atoms with Crippen LogP contribution in [-0.4, -0.2) is 45.8 Å². The van der Waals surface area contributed by atoms with E-state index < -0.39 is 0 Å². The fourth-order valence-corrected chi connectivity index (χ4v) is 3.84. The molecule has 3 aromatic rings. The monoisotopic (exact) mass is 364 g/mol. The number of pyridine rings is 1. The zero-order valence-electron chi connectivity index (χ0n) is 16.0. The van der Waals surface area contributed by atoms with Crippen molar-refractivity contribution in [3.05, 3.63) is 53.6 Å². The predicted molar refractivity (Wildman–Crippen MR) is 104 cm³/mol. The Morgan fingerprint density at radius 3 is 2.59 bits per heavy atom. The van der Waals surface area contributed by atoms with Gasteiger partial charge < -0.3 is 9.64 Å². The van der Waals surface area contributed by atoms with Gasteiger partial charge in [-0.05, 0) is 48.9 Å². The molecule has 0 bridgehead atoms. The van der Waals surface area contributed by atoms with Gasteiger partial charge in [0.05, 0.1) is 18.9 Å². The molecule has 3 heterocycles. The Morgan fingerprint density at radius 1 is 1.15 bits per heavy atom. The molecule has 1 aromatic carbocycles. The third-order valence-corrected chi connectivity index (χ3v) is 5.41. The summed E-state index contributed by atoms with van der Waals surface area (Å²) in [6.07, 6.45) is 7.20. The Labute approximate surface area is 158 Å². The first kappa shape index (κ1) is 17.5.